The van der Waals surface area contributed by atoms with Crippen molar-refractivity contribution in [1.29, 1.82) is 0 Å². The Balaban J connectivity index is 0.00000385. The Bertz CT molecular complexity index is 1030. The van der Waals surface area contributed by atoms with Crippen molar-refractivity contribution in [3.63, 3.8) is 0 Å². The summed E-state index contributed by atoms with van der Waals surface area (Å²) in [4.78, 5) is 0.112. The first-order valence-corrected chi connectivity index (χ1v) is 13.7. The van der Waals surface area contributed by atoms with Crippen LogP contribution in [0.5, 0.6) is 0 Å². The minimum atomic E-state index is -3.68. The van der Waals surface area contributed by atoms with Crippen LogP contribution in [0.1, 0.15) is 49.8 Å². The number of hydrogen-bond acceptors (Lipinski definition) is 2. The summed E-state index contributed by atoms with van der Waals surface area (Å²) in [5.41, 5.74) is 3.92. The van der Waals surface area contributed by atoms with E-state index in [-0.39, 0.29) is 38.0 Å². The summed E-state index contributed by atoms with van der Waals surface area (Å²) in [6, 6.07) is 11.6. The highest BCUT2D eigenvalue weighted by molar-refractivity contribution is 7.89. The average molecular weight is 578 g/mol. The van der Waals surface area contributed by atoms with Gasteiger partial charge >= 0.3 is 0 Å². The summed E-state index contributed by atoms with van der Waals surface area (Å²) in [6.45, 7) is 13.2. The maximum atomic E-state index is 13.4. The van der Waals surface area contributed by atoms with E-state index in [1.165, 1.54) is 16.7 Å². The first-order valence-electron chi connectivity index (χ1n) is 11.5. The van der Waals surface area contributed by atoms with E-state index in [0.29, 0.717) is 6.54 Å². The van der Waals surface area contributed by atoms with Gasteiger partial charge in [-0.2, -0.15) is 4.31 Å². The lowest BCUT2D eigenvalue weighted by Gasteiger charge is -2.38. The second-order valence-electron chi connectivity index (χ2n) is 9.10. The van der Waals surface area contributed by atoms with Gasteiger partial charge in [0.15, 0.2) is 0 Å². The molecule has 1 fully saturated rings. The second kappa shape index (κ2) is 11.9. The largest absolute Gasteiger partial charge is 1.00 e. The van der Waals surface area contributed by atoms with Gasteiger partial charge in [0.2, 0.25) is 10.0 Å². The zero-order chi connectivity index (χ0) is 23.5. The van der Waals surface area contributed by atoms with Gasteiger partial charge < -0.3 is 21.5 Å². The fraction of sp³-hybridized carbons (Fsp3) is 0.520. The number of quaternary nitrogens is 1. The molecular formula is C25H35BrCl2N2O2S. The Morgan fingerprint density at radius 1 is 1.03 bits per heavy atom. The quantitative estimate of drug-likeness (QED) is 0.385. The minimum Gasteiger partial charge on any atom is -1.00 e. The van der Waals surface area contributed by atoms with Crippen LogP contribution in [0.25, 0.3) is 0 Å². The van der Waals surface area contributed by atoms with E-state index in [1.54, 1.807) is 22.5 Å². The zero-order valence-electron chi connectivity index (χ0n) is 20.0. The van der Waals surface area contributed by atoms with Gasteiger partial charge in [-0.15, -0.1) is 0 Å². The first-order chi connectivity index (χ1) is 15.1. The summed E-state index contributed by atoms with van der Waals surface area (Å²) in [6.07, 6.45) is 2.61. The van der Waals surface area contributed by atoms with Crippen LogP contribution < -0.4 is 17.0 Å². The maximum Gasteiger partial charge on any atom is 0.244 e. The fourth-order valence-corrected chi connectivity index (χ4v) is 7.08. The molecule has 0 amide bonds. The van der Waals surface area contributed by atoms with Gasteiger partial charge in [-0.05, 0) is 52.7 Å². The lowest BCUT2D eigenvalue weighted by molar-refractivity contribution is -0.937. The molecule has 0 N–H and O–H groups in total. The molecule has 0 atom stereocenters. The molecule has 0 aliphatic heterocycles. The number of benzene rings is 2. The topological polar surface area (TPSA) is 37.4 Å². The van der Waals surface area contributed by atoms with E-state index in [0.717, 1.165) is 49.9 Å². The molecule has 0 bridgehead atoms. The van der Waals surface area contributed by atoms with Gasteiger partial charge in [0.05, 0.1) is 29.7 Å². The SMILES string of the molecule is CC[N+](CC)(CCCN(C1CC1)S(=O)(=O)c1cccc(Cl)c1Cl)Cc1cc(C)cc(C)c1.[Br-]. The Labute approximate surface area is 220 Å². The molecule has 0 spiro atoms. The highest BCUT2D eigenvalue weighted by Gasteiger charge is 2.39. The third-order valence-electron chi connectivity index (χ3n) is 6.61. The molecule has 8 heteroatoms. The van der Waals surface area contributed by atoms with E-state index in [2.05, 4.69) is 45.9 Å². The molecule has 2 aromatic carbocycles. The van der Waals surface area contributed by atoms with E-state index in [4.69, 9.17) is 23.2 Å². The van der Waals surface area contributed by atoms with Gasteiger partial charge in [-0.25, -0.2) is 8.42 Å². The normalized spacial score (nSPS) is 14.4. The predicted molar refractivity (Wildman–Crippen MR) is 134 cm³/mol. The van der Waals surface area contributed by atoms with E-state index >= 15 is 0 Å². The molecule has 2 aromatic rings. The molecule has 1 saturated carbocycles. The van der Waals surface area contributed by atoms with Crippen molar-refractivity contribution in [2.24, 2.45) is 0 Å². The van der Waals surface area contributed by atoms with Crippen molar-refractivity contribution in [2.45, 2.75) is 64.4 Å². The van der Waals surface area contributed by atoms with Gasteiger partial charge in [0.25, 0.3) is 0 Å². The van der Waals surface area contributed by atoms with Crippen LogP contribution >= 0.6 is 23.2 Å². The molecular weight excluding hydrogens is 543 g/mol. The van der Waals surface area contributed by atoms with Crippen LogP contribution in [0.15, 0.2) is 41.3 Å². The van der Waals surface area contributed by atoms with Gasteiger partial charge in [-0.3, -0.25) is 0 Å². The van der Waals surface area contributed by atoms with E-state index in [1.807, 2.05) is 0 Å². The van der Waals surface area contributed by atoms with Crippen molar-refractivity contribution < 1.29 is 29.9 Å². The van der Waals surface area contributed by atoms with E-state index < -0.39 is 10.0 Å². The molecule has 1 aliphatic carbocycles. The number of rotatable bonds is 11. The Kier molecular flexibility index (Phi) is 10.3. The zero-order valence-corrected chi connectivity index (χ0v) is 23.9. The van der Waals surface area contributed by atoms with Crippen molar-refractivity contribution in [2.75, 3.05) is 26.2 Å². The molecule has 3 rings (SSSR count). The fourth-order valence-electron chi connectivity index (χ4n) is 4.62. The molecule has 0 heterocycles. The van der Waals surface area contributed by atoms with Crippen molar-refractivity contribution >= 4 is 33.2 Å². The molecule has 0 radical (unpaired) electrons. The van der Waals surface area contributed by atoms with Crippen LogP contribution in [0, 0.1) is 13.8 Å². The monoisotopic (exact) mass is 576 g/mol. The van der Waals surface area contributed by atoms with Crippen LogP contribution in [0.4, 0.5) is 0 Å². The lowest BCUT2D eigenvalue weighted by Crippen LogP contribution is -3.00. The number of nitrogens with zero attached hydrogens (tertiary/aromatic N) is 2. The highest BCUT2D eigenvalue weighted by Crippen LogP contribution is 2.36. The lowest BCUT2D eigenvalue weighted by atomic mass is 10.1. The molecule has 33 heavy (non-hydrogen) atoms. The van der Waals surface area contributed by atoms with Gasteiger partial charge in [0, 0.05) is 24.6 Å². The van der Waals surface area contributed by atoms with Crippen LogP contribution in [-0.4, -0.2) is 49.4 Å². The van der Waals surface area contributed by atoms with E-state index in [9.17, 15) is 8.42 Å². The van der Waals surface area contributed by atoms with Gasteiger partial charge in [0.1, 0.15) is 11.4 Å². The second-order valence-corrected chi connectivity index (χ2v) is 11.7. The predicted octanol–water partition coefficient (Wildman–Crippen LogP) is 3.21. The molecule has 0 saturated heterocycles. The number of halogens is 3. The Morgan fingerprint density at radius 2 is 1.64 bits per heavy atom. The Hall–Kier alpha value is -0.630. The smallest absolute Gasteiger partial charge is 0.244 e. The molecule has 1 aliphatic rings. The minimum absolute atomic E-state index is 0. The summed E-state index contributed by atoms with van der Waals surface area (Å²) in [5.74, 6) is 0. The summed E-state index contributed by atoms with van der Waals surface area (Å²) in [7, 11) is -3.68. The molecule has 184 valence electrons. The number of hydrogen-bond donors (Lipinski definition) is 0. The Morgan fingerprint density at radius 3 is 2.18 bits per heavy atom. The third kappa shape index (κ3) is 6.96. The molecule has 0 unspecified atom stereocenters. The number of sulfonamides is 1. The summed E-state index contributed by atoms with van der Waals surface area (Å²) < 4.78 is 29.4. The van der Waals surface area contributed by atoms with Crippen LogP contribution in [-0.2, 0) is 16.6 Å². The average Bonchev–Trinajstić information content (AvgIpc) is 3.56. The third-order valence-corrected chi connectivity index (χ3v) is 9.53. The molecule has 4 nitrogen and oxygen atoms in total. The van der Waals surface area contributed by atoms with Crippen LogP contribution in [0.3, 0.4) is 0 Å². The highest BCUT2D eigenvalue weighted by atomic mass is 79.9. The maximum absolute atomic E-state index is 13.4. The van der Waals surface area contributed by atoms with Crippen molar-refractivity contribution in [3.8, 4) is 0 Å². The number of aryl methyl sites for hydroxylation is 2. The van der Waals surface area contributed by atoms with Crippen LogP contribution in [0.2, 0.25) is 10.0 Å². The summed E-state index contributed by atoms with van der Waals surface area (Å²) >= 11 is 12.4. The first kappa shape index (κ1) is 28.6. The van der Waals surface area contributed by atoms with Crippen molar-refractivity contribution in [3.05, 3.63) is 63.1 Å². The standard InChI is InChI=1S/C25H35Cl2N2O2S.BrH/c1-5-29(6-2,18-21-16-19(3)15-20(4)17-21)14-8-13-28(22-11-12-22)32(30,31)24-10-7-9-23(26)25(24)27;/h7,9-10,15-17,22H,5-6,8,11-14,18H2,1-4H3;1H/q+1;/p-1. The summed E-state index contributed by atoms with van der Waals surface area (Å²) in [5, 5.41) is 0.381. The van der Waals surface area contributed by atoms with Gasteiger partial charge in [-0.1, -0.05) is 58.6 Å². The van der Waals surface area contributed by atoms with Crippen molar-refractivity contribution in [1.82, 2.24) is 4.31 Å². The molecule has 0 aromatic heterocycles.